The number of hydrogen-bond acceptors (Lipinski definition) is 3. The highest BCUT2D eigenvalue weighted by atomic mass is 16.4. The molecule has 6 heteroatoms. The molecule has 0 radical (unpaired) electrons. The molecule has 0 bridgehead atoms. The highest BCUT2D eigenvalue weighted by Crippen LogP contribution is 2.25. The lowest BCUT2D eigenvalue weighted by Crippen LogP contribution is -2.41. The van der Waals surface area contributed by atoms with E-state index in [0.29, 0.717) is 19.3 Å². The van der Waals surface area contributed by atoms with Crippen LogP contribution >= 0.6 is 0 Å². The number of nitrogens with one attached hydrogen (secondary N) is 1. The van der Waals surface area contributed by atoms with Crippen molar-refractivity contribution in [3.63, 3.8) is 0 Å². The topological polar surface area (TPSA) is 86.7 Å². The molecule has 0 aromatic rings. The summed E-state index contributed by atoms with van der Waals surface area (Å²) in [6, 6.07) is -0.0797. The summed E-state index contributed by atoms with van der Waals surface area (Å²) in [5.74, 6) is -1.57. The number of hydrogen-bond donors (Lipinski definition) is 2. The molecule has 0 aromatic carbocycles. The van der Waals surface area contributed by atoms with Gasteiger partial charge >= 0.3 is 5.97 Å². The molecule has 6 nitrogen and oxygen atoms in total. The van der Waals surface area contributed by atoms with Gasteiger partial charge in [0.1, 0.15) is 0 Å². The highest BCUT2D eigenvalue weighted by molar-refractivity contribution is 5.83. The fraction of sp³-hybridized carbons (Fsp3) is 0.727. The lowest BCUT2D eigenvalue weighted by molar-refractivity contribution is -0.141. The summed E-state index contributed by atoms with van der Waals surface area (Å²) in [5, 5.41) is 11.6. The second-order valence-corrected chi connectivity index (χ2v) is 4.49. The first-order valence-electron chi connectivity index (χ1n) is 5.64. The van der Waals surface area contributed by atoms with E-state index >= 15 is 0 Å². The Labute approximate surface area is 100.0 Å². The minimum Gasteiger partial charge on any atom is -0.481 e. The Kier molecular flexibility index (Phi) is 4.48. The van der Waals surface area contributed by atoms with Gasteiger partial charge in [-0.3, -0.25) is 14.4 Å². The SMILES string of the molecule is CC(=O)N(C)CC(=O)N[C@@H]1CC[C@H](C(=O)O)C1. The molecular formula is C11H18N2O4. The Morgan fingerprint density at radius 1 is 1.35 bits per heavy atom. The molecule has 1 aliphatic carbocycles. The van der Waals surface area contributed by atoms with E-state index in [-0.39, 0.29) is 30.3 Å². The van der Waals surface area contributed by atoms with Crippen molar-refractivity contribution in [3.05, 3.63) is 0 Å². The highest BCUT2D eigenvalue weighted by Gasteiger charge is 2.30. The van der Waals surface area contributed by atoms with Crippen molar-refractivity contribution in [3.8, 4) is 0 Å². The van der Waals surface area contributed by atoms with Crippen molar-refractivity contribution in [2.75, 3.05) is 13.6 Å². The number of amides is 2. The zero-order valence-corrected chi connectivity index (χ0v) is 10.1. The van der Waals surface area contributed by atoms with Crippen LogP contribution in [-0.4, -0.2) is 47.4 Å². The van der Waals surface area contributed by atoms with E-state index in [0.717, 1.165) is 0 Å². The Morgan fingerprint density at radius 3 is 2.47 bits per heavy atom. The number of aliphatic carboxylic acids is 1. The molecule has 0 aliphatic heterocycles. The molecule has 96 valence electrons. The lowest BCUT2D eigenvalue weighted by Gasteiger charge is -2.17. The van der Waals surface area contributed by atoms with Crippen molar-refractivity contribution in [2.45, 2.75) is 32.2 Å². The minimum atomic E-state index is -0.803. The van der Waals surface area contributed by atoms with Crippen molar-refractivity contribution in [1.82, 2.24) is 10.2 Å². The maximum atomic E-state index is 11.5. The van der Waals surface area contributed by atoms with Gasteiger partial charge in [-0.1, -0.05) is 0 Å². The third kappa shape index (κ3) is 4.05. The van der Waals surface area contributed by atoms with Crippen molar-refractivity contribution in [2.24, 2.45) is 5.92 Å². The van der Waals surface area contributed by atoms with Gasteiger partial charge < -0.3 is 15.3 Å². The van der Waals surface area contributed by atoms with Crippen LogP contribution in [0.3, 0.4) is 0 Å². The van der Waals surface area contributed by atoms with E-state index in [1.54, 1.807) is 7.05 Å². The third-order valence-corrected chi connectivity index (χ3v) is 3.07. The van der Waals surface area contributed by atoms with Crippen molar-refractivity contribution < 1.29 is 19.5 Å². The number of carbonyl (C=O) groups is 3. The second kappa shape index (κ2) is 5.65. The zero-order chi connectivity index (χ0) is 13.0. The number of likely N-dealkylation sites (N-methyl/N-ethyl adjacent to an activating group) is 1. The largest absolute Gasteiger partial charge is 0.481 e. The fourth-order valence-electron chi connectivity index (χ4n) is 1.94. The molecule has 17 heavy (non-hydrogen) atoms. The van der Waals surface area contributed by atoms with Gasteiger partial charge in [-0.2, -0.15) is 0 Å². The summed E-state index contributed by atoms with van der Waals surface area (Å²) in [6.45, 7) is 1.41. The summed E-state index contributed by atoms with van der Waals surface area (Å²) >= 11 is 0. The lowest BCUT2D eigenvalue weighted by atomic mass is 10.1. The van der Waals surface area contributed by atoms with E-state index in [2.05, 4.69) is 5.32 Å². The van der Waals surface area contributed by atoms with E-state index in [9.17, 15) is 14.4 Å². The van der Waals surface area contributed by atoms with E-state index in [1.165, 1.54) is 11.8 Å². The van der Waals surface area contributed by atoms with Crippen molar-refractivity contribution in [1.29, 1.82) is 0 Å². The molecule has 0 aromatic heterocycles. The molecule has 2 atom stereocenters. The number of carbonyl (C=O) groups excluding carboxylic acids is 2. The summed E-state index contributed by atoms with van der Waals surface area (Å²) in [5.41, 5.74) is 0. The van der Waals surface area contributed by atoms with Gasteiger partial charge in [-0.25, -0.2) is 0 Å². The summed E-state index contributed by atoms with van der Waals surface area (Å²) in [4.78, 5) is 34.5. The molecule has 0 unspecified atom stereocenters. The maximum absolute atomic E-state index is 11.5. The quantitative estimate of drug-likeness (QED) is 0.717. The van der Waals surface area contributed by atoms with Crippen molar-refractivity contribution >= 4 is 17.8 Å². The van der Waals surface area contributed by atoms with Gasteiger partial charge in [-0.15, -0.1) is 0 Å². The first kappa shape index (κ1) is 13.5. The minimum absolute atomic E-state index is 0.0174. The number of carboxylic acids is 1. The first-order valence-corrected chi connectivity index (χ1v) is 5.64. The van der Waals surface area contributed by atoms with Gasteiger partial charge in [0.05, 0.1) is 12.5 Å². The fourth-order valence-corrected chi connectivity index (χ4v) is 1.94. The van der Waals surface area contributed by atoms with Crippen LogP contribution in [0.25, 0.3) is 0 Å². The Balaban J connectivity index is 2.33. The monoisotopic (exact) mass is 242 g/mol. The summed E-state index contributed by atoms with van der Waals surface area (Å²) < 4.78 is 0. The average Bonchev–Trinajstić information content (AvgIpc) is 2.65. The molecule has 2 N–H and O–H groups in total. The van der Waals surface area contributed by atoms with Crippen LogP contribution in [0.1, 0.15) is 26.2 Å². The van der Waals surface area contributed by atoms with Crippen LogP contribution in [-0.2, 0) is 14.4 Å². The second-order valence-electron chi connectivity index (χ2n) is 4.49. The van der Waals surface area contributed by atoms with Gasteiger partial charge in [0.25, 0.3) is 0 Å². The van der Waals surface area contributed by atoms with Gasteiger partial charge in [-0.05, 0) is 19.3 Å². The Hall–Kier alpha value is -1.59. The summed E-state index contributed by atoms with van der Waals surface area (Å²) in [7, 11) is 1.55. The molecule has 1 aliphatic rings. The molecule has 2 amide bonds. The molecule has 1 fully saturated rings. The normalized spacial score (nSPS) is 23.2. The van der Waals surface area contributed by atoms with Gasteiger partial charge in [0.15, 0.2) is 0 Å². The van der Waals surface area contributed by atoms with Crippen LogP contribution < -0.4 is 5.32 Å². The van der Waals surface area contributed by atoms with E-state index in [4.69, 9.17) is 5.11 Å². The molecule has 0 saturated heterocycles. The van der Waals surface area contributed by atoms with Crippen LogP contribution in [0.5, 0.6) is 0 Å². The van der Waals surface area contributed by atoms with E-state index in [1.807, 2.05) is 0 Å². The van der Waals surface area contributed by atoms with Gasteiger partial charge in [0, 0.05) is 20.0 Å². The number of nitrogens with zero attached hydrogens (tertiary/aromatic N) is 1. The number of carboxylic acid groups (broad SMARTS) is 1. The van der Waals surface area contributed by atoms with Crippen LogP contribution in [0, 0.1) is 5.92 Å². The standard InChI is InChI=1S/C11H18N2O4/c1-7(14)13(2)6-10(15)12-9-4-3-8(5-9)11(16)17/h8-9H,3-6H2,1-2H3,(H,12,15)(H,16,17)/t8-,9+/m0/s1. The Bertz CT molecular complexity index is 329. The maximum Gasteiger partial charge on any atom is 0.306 e. The average molecular weight is 242 g/mol. The van der Waals surface area contributed by atoms with Crippen LogP contribution in [0.4, 0.5) is 0 Å². The van der Waals surface area contributed by atoms with Gasteiger partial charge in [0.2, 0.25) is 11.8 Å². The summed E-state index contributed by atoms with van der Waals surface area (Å²) in [6.07, 6.45) is 1.76. The smallest absolute Gasteiger partial charge is 0.306 e. The van der Waals surface area contributed by atoms with Crippen LogP contribution in [0.2, 0.25) is 0 Å². The molecular weight excluding hydrogens is 224 g/mol. The predicted molar refractivity (Wildman–Crippen MR) is 60.2 cm³/mol. The molecule has 0 heterocycles. The zero-order valence-electron chi connectivity index (χ0n) is 10.1. The molecule has 1 saturated carbocycles. The number of rotatable bonds is 4. The third-order valence-electron chi connectivity index (χ3n) is 3.07. The predicted octanol–water partition coefficient (Wildman–Crippen LogP) is -0.166. The first-order chi connectivity index (χ1) is 7.90. The Morgan fingerprint density at radius 2 is 2.00 bits per heavy atom. The van der Waals surface area contributed by atoms with Crippen LogP contribution in [0.15, 0.2) is 0 Å². The van der Waals surface area contributed by atoms with E-state index < -0.39 is 5.97 Å². The molecule has 1 rings (SSSR count). The molecule has 0 spiro atoms.